The highest BCUT2D eigenvalue weighted by atomic mass is 16.3. The Morgan fingerprint density at radius 1 is 1.33 bits per heavy atom. The van der Waals surface area contributed by atoms with E-state index in [2.05, 4.69) is 18.8 Å². The summed E-state index contributed by atoms with van der Waals surface area (Å²) in [5, 5.41) is 11.2. The topological polar surface area (TPSA) is 38.7 Å². The Labute approximate surface area is 75.1 Å². The van der Waals surface area contributed by atoms with Gasteiger partial charge >= 0.3 is 0 Å². The van der Waals surface area contributed by atoms with Gasteiger partial charge < -0.3 is 10.0 Å². The summed E-state index contributed by atoms with van der Waals surface area (Å²) in [4.78, 5) is 5.43. The van der Waals surface area contributed by atoms with Crippen LogP contribution in [0.3, 0.4) is 0 Å². The molecule has 0 bridgehead atoms. The van der Waals surface area contributed by atoms with Crippen LogP contribution in [0, 0.1) is 5.92 Å². The third kappa shape index (κ3) is 3.60. The number of rotatable bonds is 3. The molecule has 3 nitrogen and oxygen atoms in total. The second-order valence-electron chi connectivity index (χ2n) is 3.65. The first kappa shape index (κ1) is 11.3. The van der Waals surface area contributed by atoms with E-state index in [9.17, 15) is 5.11 Å². The quantitative estimate of drug-likeness (QED) is 0.463. The van der Waals surface area contributed by atoms with E-state index in [1.807, 2.05) is 13.8 Å². The molecule has 0 aliphatic heterocycles. The molecule has 0 rings (SSSR count). The first-order valence-electron chi connectivity index (χ1n) is 4.39. The molecule has 0 aromatic carbocycles. The van der Waals surface area contributed by atoms with Gasteiger partial charge in [0.15, 0.2) is 0 Å². The van der Waals surface area contributed by atoms with Gasteiger partial charge in [0.05, 0.1) is 0 Å². The Morgan fingerprint density at radius 3 is 2.08 bits per heavy atom. The summed E-state index contributed by atoms with van der Waals surface area (Å²) in [7, 11) is 1.54. The fourth-order valence-corrected chi connectivity index (χ4v) is 1.03. The molecule has 0 unspecified atom stereocenters. The van der Waals surface area contributed by atoms with Crippen LogP contribution < -0.4 is 5.11 Å². The first-order valence-corrected chi connectivity index (χ1v) is 4.39. The summed E-state index contributed by atoms with van der Waals surface area (Å²) in [6.45, 7) is 8.99. The van der Waals surface area contributed by atoms with Crippen LogP contribution in [-0.4, -0.2) is 30.6 Å². The fourth-order valence-electron chi connectivity index (χ4n) is 1.03. The molecule has 0 fully saturated rings. The van der Waals surface area contributed by atoms with E-state index in [-0.39, 0.29) is 12.1 Å². The van der Waals surface area contributed by atoms with Gasteiger partial charge in [0.25, 0.3) is 0 Å². The summed E-state index contributed by atoms with van der Waals surface area (Å²) < 4.78 is 0. The number of hydrogen-bond acceptors (Lipinski definition) is 2. The molecule has 0 amide bonds. The Balaban J connectivity index is 4.24. The average molecular weight is 171 g/mol. The molecule has 0 aliphatic carbocycles. The molecule has 0 saturated carbocycles. The molecule has 0 heterocycles. The van der Waals surface area contributed by atoms with Crippen molar-refractivity contribution in [1.82, 2.24) is 4.90 Å². The zero-order chi connectivity index (χ0) is 9.72. The van der Waals surface area contributed by atoms with Crippen molar-refractivity contribution >= 4 is 6.02 Å². The lowest BCUT2D eigenvalue weighted by Gasteiger charge is -2.34. The van der Waals surface area contributed by atoms with Crippen molar-refractivity contribution in [3.05, 3.63) is 0 Å². The fraction of sp³-hybridized carbons (Fsp3) is 0.889. The lowest BCUT2D eigenvalue weighted by Crippen LogP contribution is -2.46. The van der Waals surface area contributed by atoms with Gasteiger partial charge in [-0.3, -0.25) is 4.99 Å². The molecule has 0 N–H and O–H groups in total. The second kappa shape index (κ2) is 5.01. The van der Waals surface area contributed by atoms with Crippen molar-refractivity contribution in [2.24, 2.45) is 10.9 Å². The zero-order valence-electron chi connectivity index (χ0n) is 8.66. The Hall–Kier alpha value is -0.730. The van der Waals surface area contributed by atoms with E-state index in [0.717, 1.165) is 6.54 Å². The predicted octanol–water partition coefficient (Wildman–Crippen LogP) is 0.699. The van der Waals surface area contributed by atoms with Crippen LogP contribution in [0.25, 0.3) is 0 Å². The summed E-state index contributed by atoms with van der Waals surface area (Å²) >= 11 is 0. The van der Waals surface area contributed by atoms with E-state index in [0.29, 0.717) is 5.92 Å². The zero-order valence-corrected chi connectivity index (χ0v) is 8.66. The van der Waals surface area contributed by atoms with Gasteiger partial charge in [-0.05, 0) is 19.8 Å². The molecule has 0 saturated heterocycles. The molecular weight excluding hydrogens is 152 g/mol. The van der Waals surface area contributed by atoms with Crippen LogP contribution in [-0.2, 0) is 0 Å². The highest BCUT2D eigenvalue weighted by molar-refractivity contribution is 5.69. The van der Waals surface area contributed by atoms with Crippen LogP contribution in [0.15, 0.2) is 4.99 Å². The SMILES string of the molecule is CN=C([O-])N(CC(C)C)C(C)C. The van der Waals surface area contributed by atoms with Gasteiger partial charge in [0.2, 0.25) is 0 Å². The van der Waals surface area contributed by atoms with Crippen molar-refractivity contribution < 1.29 is 5.11 Å². The van der Waals surface area contributed by atoms with Crippen LogP contribution in [0.5, 0.6) is 0 Å². The maximum absolute atomic E-state index is 11.2. The van der Waals surface area contributed by atoms with Gasteiger partial charge in [-0.25, -0.2) is 0 Å². The monoisotopic (exact) mass is 171 g/mol. The van der Waals surface area contributed by atoms with Crippen molar-refractivity contribution in [2.45, 2.75) is 33.7 Å². The van der Waals surface area contributed by atoms with Crippen molar-refractivity contribution in [2.75, 3.05) is 13.6 Å². The maximum Gasteiger partial charge on any atom is 0.0497 e. The Kier molecular flexibility index (Phi) is 4.71. The molecule has 0 aromatic heterocycles. The van der Waals surface area contributed by atoms with E-state index in [1.54, 1.807) is 4.90 Å². The summed E-state index contributed by atoms with van der Waals surface area (Å²) in [6, 6.07) is 0.127. The minimum absolute atomic E-state index is 0.112. The summed E-state index contributed by atoms with van der Waals surface area (Å²) in [5.74, 6) is 0.498. The molecule has 72 valence electrons. The van der Waals surface area contributed by atoms with Gasteiger partial charge in [0, 0.05) is 25.7 Å². The third-order valence-electron chi connectivity index (χ3n) is 1.62. The normalized spacial score (nSPS) is 12.8. The number of hydrogen-bond donors (Lipinski definition) is 0. The van der Waals surface area contributed by atoms with Gasteiger partial charge in [-0.2, -0.15) is 0 Å². The van der Waals surface area contributed by atoms with Crippen molar-refractivity contribution in [1.29, 1.82) is 0 Å². The van der Waals surface area contributed by atoms with Crippen LogP contribution in [0.1, 0.15) is 27.7 Å². The standard InChI is InChI=1S/C9H20N2O/c1-7(2)6-11(8(3)4)9(12)10-5/h7-8H,6H2,1-5H3,(H,10,12)/p-1. The third-order valence-corrected chi connectivity index (χ3v) is 1.62. The molecule has 3 heteroatoms. The smallest absolute Gasteiger partial charge is 0.0497 e. The van der Waals surface area contributed by atoms with Crippen molar-refractivity contribution in [3.63, 3.8) is 0 Å². The number of nitrogens with zero attached hydrogens (tertiary/aromatic N) is 2. The second-order valence-corrected chi connectivity index (χ2v) is 3.65. The van der Waals surface area contributed by atoms with Crippen molar-refractivity contribution in [3.8, 4) is 0 Å². The highest BCUT2D eigenvalue weighted by Crippen LogP contribution is 2.02. The summed E-state index contributed by atoms with van der Waals surface area (Å²) in [5.41, 5.74) is 0. The summed E-state index contributed by atoms with van der Waals surface area (Å²) in [6.07, 6.45) is 0. The lowest BCUT2D eigenvalue weighted by atomic mass is 10.2. The predicted molar refractivity (Wildman–Crippen MR) is 50.0 cm³/mol. The van der Waals surface area contributed by atoms with Crippen LogP contribution in [0.2, 0.25) is 0 Å². The van der Waals surface area contributed by atoms with Gasteiger partial charge in [0.1, 0.15) is 0 Å². The van der Waals surface area contributed by atoms with Gasteiger partial charge in [-0.1, -0.05) is 13.8 Å². The number of aliphatic imine (C=N–C) groups is 1. The molecule has 0 spiro atoms. The molecule has 12 heavy (non-hydrogen) atoms. The Bertz CT molecular complexity index is 153. The van der Waals surface area contributed by atoms with E-state index in [4.69, 9.17) is 0 Å². The van der Waals surface area contributed by atoms with Gasteiger partial charge in [-0.15, -0.1) is 0 Å². The Morgan fingerprint density at radius 2 is 1.83 bits per heavy atom. The average Bonchev–Trinajstić information content (AvgIpc) is 1.98. The molecule has 0 radical (unpaired) electrons. The van der Waals surface area contributed by atoms with E-state index >= 15 is 0 Å². The lowest BCUT2D eigenvalue weighted by molar-refractivity contribution is -0.237. The largest absolute Gasteiger partial charge is 0.846 e. The van der Waals surface area contributed by atoms with E-state index < -0.39 is 0 Å². The molecule has 0 aromatic rings. The minimum Gasteiger partial charge on any atom is -0.846 e. The van der Waals surface area contributed by atoms with Crippen LogP contribution >= 0.6 is 0 Å². The minimum atomic E-state index is -0.112. The highest BCUT2D eigenvalue weighted by Gasteiger charge is 2.08. The van der Waals surface area contributed by atoms with Crippen LogP contribution in [0.4, 0.5) is 0 Å². The molecule has 0 aliphatic rings. The number of amidine groups is 1. The van der Waals surface area contributed by atoms with E-state index in [1.165, 1.54) is 7.05 Å². The maximum atomic E-state index is 11.2. The molecular formula is C9H19N2O-. The molecule has 0 atom stereocenters. The first-order chi connectivity index (χ1) is 5.49.